The number of nitrogens with one attached hydrogen (secondary N) is 2. The number of carbonyl (C=O) groups excluding carboxylic acids is 1. The summed E-state index contributed by atoms with van der Waals surface area (Å²) in [6, 6.07) is 6.31. The third-order valence-electron chi connectivity index (χ3n) is 1.46. The second-order valence-electron chi connectivity index (χ2n) is 2.41. The van der Waals surface area contributed by atoms with Crippen LogP contribution in [0.2, 0.25) is 0 Å². The maximum atomic E-state index is 10.8. The molecule has 0 radical (unpaired) electrons. The minimum Gasteiger partial charge on any atom is -0.466 e. The Morgan fingerprint density at radius 1 is 1.43 bits per heavy atom. The van der Waals surface area contributed by atoms with Crippen molar-refractivity contribution in [3.8, 4) is 5.75 Å². The zero-order chi connectivity index (χ0) is 10.4. The molecular weight excluding hydrogens is 182 g/mol. The minimum atomic E-state index is -0.470. The van der Waals surface area contributed by atoms with Gasteiger partial charge in [0.2, 0.25) is 0 Å². The van der Waals surface area contributed by atoms with Crippen molar-refractivity contribution in [3.63, 3.8) is 0 Å². The van der Waals surface area contributed by atoms with E-state index in [1.807, 2.05) is 5.43 Å². The maximum Gasteiger partial charge on any atom is 0.333 e. The molecule has 0 atom stereocenters. The molecule has 0 spiro atoms. The average Bonchev–Trinajstić information content (AvgIpc) is 2.21. The Bertz CT molecular complexity index is 321. The number of ether oxygens (including phenoxy) is 1. The minimum absolute atomic E-state index is 0.470. The Kier molecular flexibility index (Phi) is 3.51. The first kappa shape index (κ1) is 10.1. The fourth-order valence-corrected chi connectivity index (χ4v) is 0.880. The first-order chi connectivity index (χ1) is 6.76. The predicted molar refractivity (Wildman–Crippen MR) is 53.6 cm³/mol. The summed E-state index contributed by atoms with van der Waals surface area (Å²) in [6.45, 7) is 3.42. The van der Waals surface area contributed by atoms with E-state index in [4.69, 9.17) is 10.6 Å². The lowest BCUT2D eigenvalue weighted by Gasteiger charge is -2.04. The van der Waals surface area contributed by atoms with Gasteiger partial charge in [-0.25, -0.2) is 10.6 Å². The van der Waals surface area contributed by atoms with Crippen LogP contribution < -0.4 is 21.3 Å². The molecule has 0 aromatic heterocycles. The van der Waals surface area contributed by atoms with Crippen molar-refractivity contribution in [3.05, 3.63) is 37.1 Å². The van der Waals surface area contributed by atoms with Gasteiger partial charge in [-0.2, -0.15) is 0 Å². The highest BCUT2D eigenvalue weighted by Crippen LogP contribution is 2.15. The van der Waals surface area contributed by atoms with Crippen molar-refractivity contribution in [2.75, 3.05) is 5.32 Å². The highest BCUT2D eigenvalue weighted by Gasteiger charge is 1.98. The van der Waals surface area contributed by atoms with Gasteiger partial charge in [-0.3, -0.25) is 5.43 Å². The quantitative estimate of drug-likeness (QED) is 0.292. The van der Waals surface area contributed by atoms with Crippen molar-refractivity contribution in [2.45, 2.75) is 0 Å². The van der Waals surface area contributed by atoms with Crippen LogP contribution in [0.4, 0.5) is 10.5 Å². The number of amides is 2. The van der Waals surface area contributed by atoms with Gasteiger partial charge in [-0.1, -0.05) is 6.58 Å². The van der Waals surface area contributed by atoms with Crippen LogP contribution in [0, 0.1) is 0 Å². The summed E-state index contributed by atoms with van der Waals surface area (Å²) in [7, 11) is 0. The van der Waals surface area contributed by atoms with Crippen LogP contribution in [0.25, 0.3) is 0 Å². The summed E-state index contributed by atoms with van der Waals surface area (Å²) in [5, 5.41) is 2.50. The van der Waals surface area contributed by atoms with Crippen molar-refractivity contribution >= 4 is 11.7 Å². The largest absolute Gasteiger partial charge is 0.466 e. The van der Waals surface area contributed by atoms with Crippen molar-refractivity contribution < 1.29 is 9.53 Å². The molecule has 0 heterocycles. The number of rotatable bonds is 3. The van der Waals surface area contributed by atoms with E-state index in [9.17, 15) is 4.79 Å². The van der Waals surface area contributed by atoms with Crippen LogP contribution in [-0.4, -0.2) is 6.03 Å². The van der Waals surface area contributed by atoms with Gasteiger partial charge in [0.1, 0.15) is 5.75 Å². The zero-order valence-electron chi connectivity index (χ0n) is 7.49. The summed E-state index contributed by atoms with van der Waals surface area (Å²) >= 11 is 0. The molecule has 2 amide bonds. The van der Waals surface area contributed by atoms with Crippen LogP contribution in [0.5, 0.6) is 5.75 Å². The number of anilines is 1. The Labute approximate surface area is 81.5 Å². The van der Waals surface area contributed by atoms with E-state index in [1.165, 1.54) is 6.26 Å². The predicted octanol–water partition coefficient (Wildman–Crippen LogP) is 1.20. The number of nitrogens with two attached hydrogens (primary N) is 1. The van der Waals surface area contributed by atoms with Gasteiger partial charge >= 0.3 is 6.03 Å². The molecule has 0 aliphatic heterocycles. The van der Waals surface area contributed by atoms with Gasteiger partial charge in [-0.15, -0.1) is 0 Å². The third kappa shape index (κ3) is 2.80. The first-order valence-electron chi connectivity index (χ1n) is 3.91. The van der Waals surface area contributed by atoms with Crippen molar-refractivity contribution in [2.24, 2.45) is 5.84 Å². The Morgan fingerprint density at radius 2 is 2.07 bits per heavy atom. The Balaban J connectivity index is 2.63. The summed E-state index contributed by atoms with van der Waals surface area (Å²) in [6.07, 6.45) is 1.33. The number of hydrogen-bond acceptors (Lipinski definition) is 3. The van der Waals surface area contributed by atoms with Crippen LogP contribution in [0.3, 0.4) is 0 Å². The van der Waals surface area contributed by atoms with E-state index in [0.717, 1.165) is 0 Å². The standard InChI is InChI=1S/C9H11N3O2/c1-2-14-8-5-3-7(4-6-8)11-9(13)12-10/h2-6H,1,10H2,(H2,11,12,13). The highest BCUT2D eigenvalue weighted by atomic mass is 16.5. The molecule has 5 nitrogen and oxygen atoms in total. The molecule has 0 fully saturated rings. The summed E-state index contributed by atoms with van der Waals surface area (Å²) in [5.41, 5.74) is 2.58. The smallest absolute Gasteiger partial charge is 0.333 e. The molecule has 1 rings (SSSR count). The number of benzene rings is 1. The summed E-state index contributed by atoms with van der Waals surface area (Å²) in [4.78, 5) is 10.8. The third-order valence-corrected chi connectivity index (χ3v) is 1.46. The van der Waals surface area contributed by atoms with Crippen LogP contribution >= 0.6 is 0 Å². The molecule has 1 aromatic rings. The van der Waals surface area contributed by atoms with E-state index >= 15 is 0 Å². The first-order valence-corrected chi connectivity index (χ1v) is 3.91. The van der Waals surface area contributed by atoms with Crippen LogP contribution in [-0.2, 0) is 0 Å². The topological polar surface area (TPSA) is 76.4 Å². The van der Waals surface area contributed by atoms with Crippen LogP contribution in [0.1, 0.15) is 0 Å². The molecule has 4 N–H and O–H groups in total. The highest BCUT2D eigenvalue weighted by molar-refractivity contribution is 5.88. The SMILES string of the molecule is C=COc1ccc(NC(=O)NN)cc1. The average molecular weight is 193 g/mol. The van der Waals surface area contributed by atoms with Gasteiger partial charge in [0, 0.05) is 5.69 Å². The number of carbonyl (C=O) groups is 1. The van der Waals surface area contributed by atoms with E-state index < -0.39 is 6.03 Å². The van der Waals surface area contributed by atoms with E-state index in [-0.39, 0.29) is 0 Å². The second-order valence-corrected chi connectivity index (χ2v) is 2.41. The van der Waals surface area contributed by atoms with E-state index in [2.05, 4.69) is 11.9 Å². The lowest BCUT2D eigenvalue weighted by Crippen LogP contribution is -2.34. The summed E-state index contributed by atoms with van der Waals surface area (Å²) in [5.74, 6) is 5.55. The zero-order valence-corrected chi connectivity index (χ0v) is 7.49. The van der Waals surface area contributed by atoms with E-state index in [0.29, 0.717) is 11.4 Å². The van der Waals surface area contributed by atoms with Crippen LogP contribution in [0.15, 0.2) is 37.1 Å². The lowest BCUT2D eigenvalue weighted by atomic mass is 10.3. The molecule has 0 bridgehead atoms. The molecule has 0 aliphatic carbocycles. The summed E-state index contributed by atoms with van der Waals surface area (Å²) < 4.78 is 5.00. The second kappa shape index (κ2) is 4.88. The van der Waals surface area contributed by atoms with Gasteiger partial charge < -0.3 is 10.1 Å². The fourth-order valence-electron chi connectivity index (χ4n) is 0.880. The molecular formula is C9H11N3O2. The van der Waals surface area contributed by atoms with Gasteiger partial charge in [0.15, 0.2) is 0 Å². The molecule has 14 heavy (non-hydrogen) atoms. The molecule has 1 aromatic carbocycles. The van der Waals surface area contributed by atoms with Crippen molar-refractivity contribution in [1.82, 2.24) is 5.43 Å². The fraction of sp³-hybridized carbons (Fsp3) is 0. The molecule has 0 saturated carbocycles. The van der Waals surface area contributed by atoms with Gasteiger partial charge in [0.05, 0.1) is 6.26 Å². The normalized spacial score (nSPS) is 8.93. The van der Waals surface area contributed by atoms with E-state index in [1.54, 1.807) is 24.3 Å². The maximum absolute atomic E-state index is 10.8. The molecule has 5 heteroatoms. The lowest BCUT2D eigenvalue weighted by molar-refractivity contribution is 0.252. The number of hydrogen-bond donors (Lipinski definition) is 3. The molecule has 74 valence electrons. The van der Waals surface area contributed by atoms with Crippen molar-refractivity contribution in [1.29, 1.82) is 0 Å². The molecule has 0 saturated heterocycles. The molecule has 0 aliphatic rings. The molecule has 0 unspecified atom stereocenters. The van der Waals surface area contributed by atoms with Gasteiger partial charge in [-0.05, 0) is 24.3 Å². The number of hydrazine groups is 1. The number of urea groups is 1. The Hall–Kier alpha value is -2.01. The van der Waals surface area contributed by atoms with Gasteiger partial charge in [0.25, 0.3) is 0 Å². The monoisotopic (exact) mass is 193 g/mol. The Morgan fingerprint density at radius 3 is 2.57 bits per heavy atom.